The predicted molar refractivity (Wildman–Crippen MR) is 54.6 cm³/mol. The molecule has 1 rings (SSSR count). The van der Waals surface area contributed by atoms with Gasteiger partial charge in [-0.1, -0.05) is 0 Å². The average molecular weight is 198 g/mol. The molecule has 13 heavy (non-hydrogen) atoms. The quantitative estimate of drug-likeness (QED) is 0.690. The summed E-state index contributed by atoms with van der Waals surface area (Å²) in [5.74, 6) is 0.936. The summed E-state index contributed by atoms with van der Waals surface area (Å²) >= 11 is 1.73. The first-order valence-electron chi connectivity index (χ1n) is 4.22. The largest absolute Gasteiger partial charge is 0.395 e. The number of rotatable bonds is 5. The highest BCUT2D eigenvalue weighted by Crippen LogP contribution is 2.17. The van der Waals surface area contributed by atoms with Crippen molar-refractivity contribution in [2.75, 3.05) is 12.4 Å². The minimum absolute atomic E-state index is 0.0664. The van der Waals surface area contributed by atoms with Crippen LogP contribution < -0.4 is 5.73 Å². The first kappa shape index (κ1) is 10.5. The van der Waals surface area contributed by atoms with Crippen LogP contribution in [0.25, 0.3) is 0 Å². The topological polar surface area (TPSA) is 59.1 Å². The normalized spacial score (nSPS) is 12.8. The highest BCUT2D eigenvalue weighted by atomic mass is 32.2. The van der Waals surface area contributed by atoms with Gasteiger partial charge < -0.3 is 10.8 Å². The molecule has 1 unspecified atom stereocenters. The Bertz CT molecular complexity index is 230. The van der Waals surface area contributed by atoms with Gasteiger partial charge in [0.1, 0.15) is 0 Å². The number of pyridine rings is 1. The lowest BCUT2D eigenvalue weighted by atomic mass is 10.3. The van der Waals surface area contributed by atoms with Crippen molar-refractivity contribution < 1.29 is 5.11 Å². The van der Waals surface area contributed by atoms with Crippen LogP contribution in [-0.4, -0.2) is 28.5 Å². The summed E-state index contributed by atoms with van der Waals surface area (Å²) in [6.07, 6.45) is 4.38. The molecule has 1 aromatic heterocycles. The molecule has 72 valence electrons. The fourth-order valence-electron chi connectivity index (χ4n) is 0.854. The van der Waals surface area contributed by atoms with E-state index in [0.717, 1.165) is 12.2 Å². The second-order valence-electron chi connectivity index (χ2n) is 2.76. The van der Waals surface area contributed by atoms with Gasteiger partial charge in [0.2, 0.25) is 0 Å². The lowest BCUT2D eigenvalue weighted by molar-refractivity contribution is 0.264. The summed E-state index contributed by atoms with van der Waals surface area (Å²) in [5, 5.41) is 8.69. The Balaban J connectivity index is 2.20. The number of nitrogens with zero attached hydrogens (tertiary/aromatic N) is 1. The fraction of sp³-hybridized carbons (Fsp3) is 0.444. The van der Waals surface area contributed by atoms with E-state index in [9.17, 15) is 0 Å². The minimum atomic E-state index is -0.0886. The van der Waals surface area contributed by atoms with E-state index >= 15 is 0 Å². The number of hydrogen-bond donors (Lipinski definition) is 2. The molecule has 1 atom stereocenters. The Kier molecular flexibility index (Phi) is 4.82. The summed E-state index contributed by atoms with van der Waals surface area (Å²) in [6.45, 7) is 0.0664. The Labute approximate surface area is 82.4 Å². The number of hydrogen-bond acceptors (Lipinski definition) is 4. The van der Waals surface area contributed by atoms with Crippen LogP contribution >= 0.6 is 11.8 Å². The zero-order valence-corrected chi connectivity index (χ0v) is 8.20. The molecule has 3 nitrogen and oxygen atoms in total. The zero-order valence-electron chi connectivity index (χ0n) is 7.39. The average Bonchev–Trinajstić information content (AvgIpc) is 2.19. The van der Waals surface area contributed by atoms with Crippen molar-refractivity contribution >= 4 is 11.8 Å². The molecule has 0 radical (unpaired) electrons. The van der Waals surface area contributed by atoms with Crippen LogP contribution in [0.15, 0.2) is 29.4 Å². The lowest BCUT2D eigenvalue weighted by Gasteiger charge is -2.06. The standard InChI is InChI=1S/C9H14N2OS/c10-8(7-12)3-6-13-9-1-4-11-5-2-9/h1-2,4-5,8,12H,3,6-7,10H2. The molecule has 0 spiro atoms. The van der Waals surface area contributed by atoms with E-state index in [0.29, 0.717) is 0 Å². The summed E-state index contributed by atoms with van der Waals surface area (Å²) in [6, 6.07) is 3.85. The molecule has 1 aromatic rings. The number of thioether (sulfide) groups is 1. The van der Waals surface area contributed by atoms with E-state index in [4.69, 9.17) is 10.8 Å². The smallest absolute Gasteiger partial charge is 0.0582 e. The van der Waals surface area contributed by atoms with Gasteiger partial charge in [-0.05, 0) is 24.3 Å². The summed E-state index contributed by atoms with van der Waals surface area (Å²) in [5.41, 5.74) is 5.56. The molecule has 0 amide bonds. The van der Waals surface area contributed by atoms with Crippen LogP contribution in [0, 0.1) is 0 Å². The Morgan fingerprint density at radius 1 is 1.46 bits per heavy atom. The molecular weight excluding hydrogens is 184 g/mol. The van der Waals surface area contributed by atoms with E-state index in [2.05, 4.69) is 4.98 Å². The number of aromatic nitrogens is 1. The highest BCUT2D eigenvalue weighted by molar-refractivity contribution is 7.99. The van der Waals surface area contributed by atoms with Gasteiger partial charge in [0.15, 0.2) is 0 Å². The van der Waals surface area contributed by atoms with Crippen LogP contribution in [0.4, 0.5) is 0 Å². The summed E-state index contributed by atoms with van der Waals surface area (Å²) in [4.78, 5) is 5.12. The van der Waals surface area contributed by atoms with Crippen molar-refractivity contribution in [3.05, 3.63) is 24.5 Å². The third kappa shape index (κ3) is 4.26. The van der Waals surface area contributed by atoms with Gasteiger partial charge in [-0.25, -0.2) is 0 Å². The van der Waals surface area contributed by atoms with E-state index < -0.39 is 0 Å². The van der Waals surface area contributed by atoms with Crippen LogP contribution in [0.2, 0.25) is 0 Å². The molecular formula is C9H14N2OS. The molecule has 0 bridgehead atoms. The summed E-state index contributed by atoms with van der Waals surface area (Å²) < 4.78 is 0. The van der Waals surface area contributed by atoms with Crippen LogP contribution in [-0.2, 0) is 0 Å². The van der Waals surface area contributed by atoms with E-state index in [1.54, 1.807) is 24.2 Å². The van der Waals surface area contributed by atoms with Crippen molar-refractivity contribution in [1.29, 1.82) is 0 Å². The Hall–Kier alpha value is -0.580. The first-order chi connectivity index (χ1) is 6.33. The van der Waals surface area contributed by atoms with Gasteiger partial charge >= 0.3 is 0 Å². The predicted octanol–water partition coefficient (Wildman–Crippen LogP) is 0.883. The van der Waals surface area contributed by atoms with Crippen molar-refractivity contribution in [1.82, 2.24) is 4.98 Å². The number of aliphatic hydroxyl groups is 1. The van der Waals surface area contributed by atoms with Crippen molar-refractivity contribution in [3.63, 3.8) is 0 Å². The van der Waals surface area contributed by atoms with Gasteiger partial charge in [-0.15, -0.1) is 11.8 Å². The Morgan fingerprint density at radius 2 is 2.15 bits per heavy atom. The molecule has 0 aliphatic carbocycles. The molecule has 1 heterocycles. The van der Waals surface area contributed by atoms with Crippen LogP contribution in [0.1, 0.15) is 6.42 Å². The number of nitrogens with two attached hydrogens (primary N) is 1. The second kappa shape index (κ2) is 5.96. The van der Waals surface area contributed by atoms with Gasteiger partial charge in [-0.2, -0.15) is 0 Å². The van der Waals surface area contributed by atoms with Gasteiger partial charge in [0.25, 0.3) is 0 Å². The van der Waals surface area contributed by atoms with E-state index in [1.807, 2.05) is 12.1 Å². The highest BCUT2D eigenvalue weighted by Gasteiger charge is 2.00. The van der Waals surface area contributed by atoms with E-state index in [1.165, 1.54) is 4.90 Å². The second-order valence-corrected chi connectivity index (χ2v) is 3.93. The zero-order chi connectivity index (χ0) is 9.52. The molecule has 3 N–H and O–H groups in total. The van der Waals surface area contributed by atoms with Crippen molar-refractivity contribution in [3.8, 4) is 0 Å². The maximum absolute atomic E-state index is 8.69. The molecule has 0 saturated heterocycles. The van der Waals surface area contributed by atoms with Crippen molar-refractivity contribution in [2.45, 2.75) is 17.4 Å². The molecule has 0 aliphatic heterocycles. The Morgan fingerprint density at radius 3 is 2.77 bits per heavy atom. The molecule has 0 fully saturated rings. The molecule has 0 saturated carbocycles. The minimum Gasteiger partial charge on any atom is -0.395 e. The number of aliphatic hydroxyl groups excluding tert-OH is 1. The van der Waals surface area contributed by atoms with Gasteiger partial charge in [0, 0.05) is 23.3 Å². The van der Waals surface area contributed by atoms with Crippen molar-refractivity contribution in [2.24, 2.45) is 5.73 Å². The molecule has 4 heteroatoms. The third-order valence-electron chi connectivity index (χ3n) is 1.64. The molecule has 0 aromatic carbocycles. The summed E-state index contributed by atoms with van der Waals surface area (Å²) in [7, 11) is 0. The fourth-order valence-corrected chi connectivity index (χ4v) is 1.82. The van der Waals surface area contributed by atoms with Gasteiger partial charge in [0.05, 0.1) is 6.61 Å². The maximum atomic E-state index is 8.69. The first-order valence-corrected chi connectivity index (χ1v) is 5.20. The van der Waals surface area contributed by atoms with Crippen LogP contribution in [0.5, 0.6) is 0 Å². The lowest BCUT2D eigenvalue weighted by Crippen LogP contribution is -2.24. The van der Waals surface area contributed by atoms with E-state index in [-0.39, 0.29) is 12.6 Å². The van der Waals surface area contributed by atoms with Gasteiger partial charge in [-0.3, -0.25) is 4.98 Å². The van der Waals surface area contributed by atoms with Crippen LogP contribution in [0.3, 0.4) is 0 Å². The maximum Gasteiger partial charge on any atom is 0.0582 e. The third-order valence-corrected chi connectivity index (χ3v) is 2.69. The monoisotopic (exact) mass is 198 g/mol. The SMILES string of the molecule is NC(CO)CCSc1ccncc1. The molecule has 0 aliphatic rings.